The number of esters is 3. The lowest BCUT2D eigenvalue weighted by Crippen LogP contribution is -2.30. The van der Waals surface area contributed by atoms with Gasteiger partial charge in [0.1, 0.15) is 13.2 Å². The topological polar surface area (TPSA) is 78.9 Å². The van der Waals surface area contributed by atoms with Gasteiger partial charge in [-0.25, -0.2) is 0 Å². The molecule has 0 spiro atoms. The SMILES string of the molecule is CCCCCCCCCC/C=C\CCCCCCCCCCCCCC(=O)OC(COC(=O)CCCCCCCCCC)COC(=O)CCCCCCCCCCCCCCCCCCCCCCCCCCCCCCC. The Hall–Kier alpha value is -1.85. The summed E-state index contributed by atoms with van der Waals surface area (Å²) in [5.41, 5.74) is 0. The van der Waals surface area contributed by atoms with Crippen LogP contribution in [0.1, 0.15) is 412 Å². The molecule has 0 aromatic rings. The highest BCUT2D eigenvalue weighted by Gasteiger charge is 2.19. The molecule has 1 unspecified atom stereocenters. The van der Waals surface area contributed by atoms with E-state index in [4.69, 9.17) is 14.2 Å². The Bertz CT molecular complexity index is 1210. The zero-order chi connectivity index (χ0) is 56.4. The largest absolute Gasteiger partial charge is 0.462 e. The van der Waals surface area contributed by atoms with Crippen molar-refractivity contribution < 1.29 is 28.6 Å². The quantitative estimate of drug-likeness (QED) is 0.0261. The van der Waals surface area contributed by atoms with Crippen molar-refractivity contribution in [2.24, 2.45) is 0 Å². The van der Waals surface area contributed by atoms with E-state index in [1.807, 2.05) is 0 Å². The third-order valence-electron chi connectivity index (χ3n) is 16.5. The van der Waals surface area contributed by atoms with Gasteiger partial charge < -0.3 is 14.2 Å². The molecule has 0 amide bonds. The third-order valence-corrected chi connectivity index (χ3v) is 16.5. The number of unbranched alkanes of at least 4 members (excludes halogenated alkanes) is 54. The molecule has 0 aliphatic heterocycles. The van der Waals surface area contributed by atoms with E-state index in [1.165, 1.54) is 315 Å². The van der Waals surface area contributed by atoms with Crippen molar-refractivity contribution in [3.63, 3.8) is 0 Å². The Morgan fingerprint density at radius 1 is 0.244 bits per heavy atom. The van der Waals surface area contributed by atoms with Crippen LogP contribution in [0.3, 0.4) is 0 Å². The summed E-state index contributed by atoms with van der Waals surface area (Å²) < 4.78 is 16.9. The van der Waals surface area contributed by atoms with E-state index in [9.17, 15) is 14.4 Å². The minimum atomic E-state index is -0.765. The van der Waals surface area contributed by atoms with Crippen molar-refractivity contribution in [1.29, 1.82) is 0 Å². The Morgan fingerprint density at radius 2 is 0.423 bits per heavy atom. The maximum absolute atomic E-state index is 12.9. The predicted octanol–water partition coefficient (Wildman–Crippen LogP) is 24.4. The lowest BCUT2D eigenvalue weighted by molar-refractivity contribution is -0.167. The van der Waals surface area contributed by atoms with E-state index in [-0.39, 0.29) is 31.1 Å². The van der Waals surface area contributed by atoms with E-state index in [2.05, 4.69) is 32.9 Å². The standard InChI is InChI=1S/C72H138O6/c1-4-7-10-13-16-19-21-23-25-27-29-31-33-34-35-36-37-38-40-41-43-45-47-49-51-53-56-59-62-65-71(74)77-68-69(67-76-70(73)64-61-58-55-18-15-12-9-6-3)78-72(75)66-63-60-57-54-52-50-48-46-44-42-39-32-30-28-26-24-22-20-17-14-11-8-5-2/h28,30,69H,4-27,29,31-68H2,1-3H3/b30-28-. The second-order valence-corrected chi connectivity index (χ2v) is 24.5. The number of ether oxygens (including phenoxy) is 3. The molecule has 0 radical (unpaired) electrons. The molecular weight excluding hydrogens is 961 g/mol. The first-order chi connectivity index (χ1) is 38.5. The average Bonchev–Trinajstić information content (AvgIpc) is 3.44. The van der Waals surface area contributed by atoms with Crippen molar-refractivity contribution in [3.05, 3.63) is 12.2 Å². The first-order valence-electron chi connectivity index (χ1n) is 35.7. The molecule has 0 bridgehead atoms. The van der Waals surface area contributed by atoms with Gasteiger partial charge in [0.2, 0.25) is 0 Å². The highest BCUT2D eigenvalue weighted by molar-refractivity contribution is 5.71. The van der Waals surface area contributed by atoms with Gasteiger partial charge in [-0.15, -0.1) is 0 Å². The summed E-state index contributed by atoms with van der Waals surface area (Å²) in [6.45, 7) is 6.69. The van der Waals surface area contributed by atoms with Gasteiger partial charge in [0.25, 0.3) is 0 Å². The second-order valence-electron chi connectivity index (χ2n) is 24.5. The van der Waals surface area contributed by atoms with Crippen LogP contribution >= 0.6 is 0 Å². The van der Waals surface area contributed by atoms with Crippen LogP contribution in [0, 0.1) is 0 Å². The molecule has 0 rings (SSSR count). The van der Waals surface area contributed by atoms with E-state index in [0.29, 0.717) is 19.3 Å². The molecule has 6 heteroatoms. The minimum Gasteiger partial charge on any atom is -0.462 e. The van der Waals surface area contributed by atoms with Crippen LogP contribution in [0.4, 0.5) is 0 Å². The number of carbonyl (C=O) groups excluding carboxylic acids is 3. The Balaban J connectivity index is 4.03. The summed E-state index contributed by atoms with van der Waals surface area (Å²) in [4.78, 5) is 38.2. The van der Waals surface area contributed by atoms with Gasteiger partial charge >= 0.3 is 17.9 Å². The highest BCUT2D eigenvalue weighted by atomic mass is 16.6. The fourth-order valence-electron chi connectivity index (χ4n) is 11.2. The molecular formula is C72H138O6. The fourth-order valence-corrected chi connectivity index (χ4v) is 11.2. The van der Waals surface area contributed by atoms with Crippen LogP contribution in [0.15, 0.2) is 12.2 Å². The van der Waals surface area contributed by atoms with Gasteiger partial charge in [-0.2, -0.15) is 0 Å². The smallest absolute Gasteiger partial charge is 0.306 e. The Kier molecular flexibility index (Phi) is 66.0. The molecule has 0 saturated heterocycles. The van der Waals surface area contributed by atoms with Crippen LogP contribution in [-0.2, 0) is 28.6 Å². The van der Waals surface area contributed by atoms with E-state index < -0.39 is 6.10 Å². The van der Waals surface area contributed by atoms with Gasteiger partial charge in [0.05, 0.1) is 0 Å². The Morgan fingerprint density at radius 3 is 0.641 bits per heavy atom. The molecule has 78 heavy (non-hydrogen) atoms. The zero-order valence-corrected chi connectivity index (χ0v) is 53.2. The predicted molar refractivity (Wildman–Crippen MR) is 340 cm³/mol. The molecule has 1 atom stereocenters. The van der Waals surface area contributed by atoms with Crippen LogP contribution in [0.5, 0.6) is 0 Å². The highest BCUT2D eigenvalue weighted by Crippen LogP contribution is 2.19. The number of hydrogen-bond acceptors (Lipinski definition) is 6. The molecule has 0 aromatic carbocycles. The Labute approximate surface area is 488 Å². The first kappa shape index (κ1) is 76.1. The van der Waals surface area contributed by atoms with Crippen molar-refractivity contribution >= 4 is 17.9 Å². The number of hydrogen-bond donors (Lipinski definition) is 0. The van der Waals surface area contributed by atoms with Crippen LogP contribution < -0.4 is 0 Å². The summed E-state index contributed by atoms with van der Waals surface area (Å²) >= 11 is 0. The van der Waals surface area contributed by atoms with E-state index in [1.54, 1.807) is 0 Å². The van der Waals surface area contributed by atoms with Crippen molar-refractivity contribution in [2.45, 2.75) is 419 Å². The zero-order valence-electron chi connectivity index (χ0n) is 53.2. The minimum absolute atomic E-state index is 0.0639. The fraction of sp³-hybridized carbons (Fsp3) is 0.931. The molecule has 0 heterocycles. The van der Waals surface area contributed by atoms with Gasteiger partial charge in [-0.3, -0.25) is 14.4 Å². The molecule has 0 aliphatic carbocycles. The molecule has 0 aromatic heterocycles. The lowest BCUT2D eigenvalue weighted by Gasteiger charge is -2.18. The van der Waals surface area contributed by atoms with Crippen LogP contribution in [-0.4, -0.2) is 37.2 Å². The normalized spacial score (nSPS) is 12.0. The molecule has 0 saturated carbocycles. The van der Waals surface area contributed by atoms with Gasteiger partial charge in [-0.1, -0.05) is 360 Å². The number of rotatable bonds is 67. The molecule has 462 valence electrons. The number of allylic oxidation sites excluding steroid dienone is 2. The van der Waals surface area contributed by atoms with Gasteiger partial charge in [0, 0.05) is 19.3 Å². The van der Waals surface area contributed by atoms with Crippen LogP contribution in [0.2, 0.25) is 0 Å². The molecule has 0 N–H and O–H groups in total. The number of carbonyl (C=O) groups is 3. The second kappa shape index (κ2) is 67.7. The van der Waals surface area contributed by atoms with Gasteiger partial charge in [-0.05, 0) is 44.9 Å². The van der Waals surface area contributed by atoms with Crippen LogP contribution in [0.25, 0.3) is 0 Å². The van der Waals surface area contributed by atoms with Crippen molar-refractivity contribution in [1.82, 2.24) is 0 Å². The average molecular weight is 1100 g/mol. The molecule has 6 nitrogen and oxygen atoms in total. The summed E-state index contributed by atoms with van der Waals surface area (Å²) in [5.74, 6) is -0.838. The lowest BCUT2D eigenvalue weighted by atomic mass is 10.0. The first-order valence-corrected chi connectivity index (χ1v) is 35.7. The summed E-state index contributed by atoms with van der Waals surface area (Å²) in [6, 6.07) is 0. The molecule has 0 aliphatic rings. The molecule has 0 fully saturated rings. The summed E-state index contributed by atoms with van der Waals surface area (Å²) in [7, 11) is 0. The monoisotopic (exact) mass is 1100 g/mol. The van der Waals surface area contributed by atoms with Crippen molar-refractivity contribution in [2.75, 3.05) is 13.2 Å². The maximum Gasteiger partial charge on any atom is 0.306 e. The van der Waals surface area contributed by atoms with E-state index in [0.717, 1.165) is 57.8 Å². The van der Waals surface area contributed by atoms with Gasteiger partial charge in [0.15, 0.2) is 6.10 Å². The third kappa shape index (κ3) is 65.0. The maximum atomic E-state index is 12.9. The summed E-state index contributed by atoms with van der Waals surface area (Å²) in [5, 5.41) is 0. The summed E-state index contributed by atoms with van der Waals surface area (Å²) in [6.07, 6.45) is 81.3. The van der Waals surface area contributed by atoms with E-state index >= 15 is 0 Å². The van der Waals surface area contributed by atoms with Crippen molar-refractivity contribution in [3.8, 4) is 0 Å².